The summed E-state index contributed by atoms with van der Waals surface area (Å²) in [6, 6.07) is 3.87. The molecule has 0 radical (unpaired) electrons. The molecule has 0 aromatic heterocycles. The van der Waals surface area contributed by atoms with E-state index in [1.54, 1.807) is 0 Å². The van der Waals surface area contributed by atoms with E-state index in [0.717, 1.165) is 24.5 Å². The second-order valence-electron chi connectivity index (χ2n) is 5.82. The van der Waals surface area contributed by atoms with Crippen molar-refractivity contribution in [2.45, 2.75) is 12.4 Å². The van der Waals surface area contributed by atoms with Crippen molar-refractivity contribution in [3.63, 3.8) is 0 Å². The van der Waals surface area contributed by atoms with Gasteiger partial charge in [0.05, 0.1) is 28.1 Å². The number of carbonyl (C=O) groups excluding carboxylic acids is 1. The van der Waals surface area contributed by atoms with Gasteiger partial charge in [-0.25, -0.2) is 8.42 Å². The van der Waals surface area contributed by atoms with Gasteiger partial charge < -0.3 is 5.32 Å². The molecule has 2 aromatic carbocycles. The Morgan fingerprint density at radius 1 is 0.931 bits per heavy atom. The van der Waals surface area contributed by atoms with Gasteiger partial charge in [-0.3, -0.25) is 9.52 Å². The molecule has 2 aromatic rings. The van der Waals surface area contributed by atoms with E-state index in [0.29, 0.717) is 0 Å². The standard InChI is InChI=1S/C16H11ClF6N2O3S/c1-29(27,28)25-13-3-2-11(7-12(13)17)24-14(26)8-4-9(15(18,19)20)6-10(5-8)16(21,22)23/h2-7,25H,1H3,(H,24,26). The van der Waals surface area contributed by atoms with Gasteiger partial charge in [-0.05, 0) is 36.4 Å². The molecule has 158 valence electrons. The zero-order valence-corrected chi connectivity index (χ0v) is 15.8. The minimum absolute atomic E-state index is 0.0365. The number of halogens is 7. The number of benzene rings is 2. The lowest BCUT2D eigenvalue weighted by Crippen LogP contribution is -2.17. The van der Waals surface area contributed by atoms with Crippen molar-refractivity contribution in [1.82, 2.24) is 0 Å². The number of sulfonamides is 1. The number of anilines is 2. The highest BCUT2D eigenvalue weighted by atomic mass is 35.5. The van der Waals surface area contributed by atoms with Gasteiger partial charge in [0, 0.05) is 11.3 Å². The van der Waals surface area contributed by atoms with E-state index in [9.17, 15) is 39.6 Å². The monoisotopic (exact) mass is 460 g/mol. The average Bonchev–Trinajstić information content (AvgIpc) is 2.54. The van der Waals surface area contributed by atoms with E-state index < -0.39 is 45.0 Å². The Morgan fingerprint density at radius 2 is 1.45 bits per heavy atom. The fraction of sp³-hybridized carbons (Fsp3) is 0.188. The van der Waals surface area contributed by atoms with E-state index in [1.807, 2.05) is 0 Å². The molecule has 2 rings (SSSR count). The number of hydrogen-bond donors (Lipinski definition) is 2. The molecule has 5 nitrogen and oxygen atoms in total. The van der Waals surface area contributed by atoms with E-state index >= 15 is 0 Å². The summed E-state index contributed by atoms with van der Waals surface area (Å²) < 4.78 is 102. The first-order valence-electron chi connectivity index (χ1n) is 7.44. The van der Waals surface area contributed by atoms with Crippen LogP contribution in [0.4, 0.5) is 37.7 Å². The Bertz CT molecular complexity index is 1020. The largest absolute Gasteiger partial charge is 0.416 e. The molecular formula is C16H11ClF6N2O3S. The minimum atomic E-state index is -5.10. The Balaban J connectivity index is 2.36. The molecule has 2 N–H and O–H groups in total. The predicted molar refractivity (Wildman–Crippen MR) is 94.3 cm³/mol. The van der Waals surface area contributed by atoms with Crippen LogP contribution < -0.4 is 10.0 Å². The number of rotatable bonds is 4. The molecule has 0 saturated heterocycles. The normalized spacial score (nSPS) is 12.6. The average molecular weight is 461 g/mol. The van der Waals surface area contributed by atoms with Gasteiger partial charge in [0.1, 0.15) is 0 Å². The molecule has 0 saturated carbocycles. The molecule has 0 aliphatic rings. The molecule has 13 heteroatoms. The summed E-state index contributed by atoms with van der Waals surface area (Å²) >= 11 is 5.86. The predicted octanol–water partition coefficient (Wildman–Crippen LogP) is 5.00. The second-order valence-corrected chi connectivity index (χ2v) is 7.97. The SMILES string of the molecule is CS(=O)(=O)Nc1ccc(NC(=O)c2cc(C(F)(F)F)cc(C(F)(F)F)c2)cc1Cl. The lowest BCUT2D eigenvalue weighted by molar-refractivity contribution is -0.143. The van der Waals surface area contributed by atoms with Gasteiger partial charge >= 0.3 is 12.4 Å². The molecule has 0 spiro atoms. The van der Waals surface area contributed by atoms with Crippen LogP contribution in [0.25, 0.3) is 0 Å². The van der Waals surface area contributed by atoms with Crippen LogP contribution in [-0.4, -0.2) is 20.6 Å². The number of carbonyl (C=O) groups is 1. The van der Waals surface area contributed by atoms with Gasteiger partial charge in [-0.2, -0.15) is 26.3 Å². The number of nitrogens with one attached hydrogen (secondary N) is 2. The zero-order valence-electron chi connectivity index (χ0n) is 14.2. The lowest BCUT2D eigenvalue weighted by atomic mass is 10.0. The van der Waals surface area contributed by atoms with Crippen molar-refractivity contribution in [3.8, 4) is 0 Å². The topological polar surface area (TPSA) is 75.3 Å². The molecule has 0 unspecified atom stereocenters. The summed E-state index contributed by atoms with van der Waals surface area (Å²) in [5.41, 5.74) is -4.26. The first kappa shape index (κ1) is 22.8. The summed E-state index contributed by atoms with van der Waals surface area (Å²) in [4.78, 5) is 12.2. The summed E-state index contributed by atoms with van der Waals surface area (Å²) in [6.45, 7) is 0. The highest BCUT2D eigenvalue weighted by molar-refractivity contribution is 7.92. The maximum Gasteiger partial charge on any atom is 0.416 e. The first-order chi connectivity index (χ1) is 13.1. The van der Waals surface area contributed by atoms with Crippen LogP contribution in [0.15, 0.2) is 36.4 Å². The van der Waals surface area contributed by atoms with Gasteiger partial charge in [-0.15, -0.1) is 0 Å². The Hall–Kier alpha value is -2.47. The number of amides is 1. The van der Waals surface area contributed by atoms with Crippen LogP contribution >= 0.6 is 11.6 Å². The molecule has 0 atom stereocenters. The third kappa shape index (κ3) is 6.26. The summed E-state index contributed by atoms with van der Waals surface area (Å²) in [5.74, 6) is -1.25. The molecular weight excluding hydrogens is 450 g/mol. The summed E-state index contributed by atoms with van der Waals surface area (Å²) in [7, 11) is -3.65. The van der Waals surface area contributed by atoms with Gasteiger partial charge in [0.25, 0.3) is 5.91 Å². The maximum atomic E-state index is 12.9. The van der Waals surface area contributed by atoms with Crippen molar-refractivity contribution in [2.75, 3.05) is 16.3 Å². The third-order valence-corrected chi connectivity index (χ3v) is 4.28. The fourth-order valence-corrected chi connectivity index (χ4v) is 3.03. The van der Waals surface area contributed by atoms with Crippen molar-refractivity contribution in [2.24, 2.45) is 0 Å². The second kappa shape index (κ2) is 7.75. The summed E-state index contributed by atoms with van der Waals surface area (Å²) in [6.07, 6.45) is -9.33. The number of hydrogen-bond acceptors (Lipinski definition) is 3. The quantitative estimate of drug-likeness (QED) is 0.630. The molecule has 0 fully saturated rings. The Morgan fingerprint density at radius 3 is 1.86 bits per heavy atom. The van der Waals surface area contributed by atoms with E-state index in [-0.39, 0.29) is 34.6 Å². The maximum absolute atomic E-state index is 12.9. The van der Waals surface area contributed by atoms with Crippen LogP contribution in [-0.2, 0) is 22.4 Å². The lowest BCUT2D eigenvalue weighted by Gasteiger charge is -2.14. The highest BCUT2D eigenvalue weighted by Crippen LogP contribution is 2.36. The van der Waals surface area contributed by atoms with Crippen molar-refractivity contribution in [3.05, 3.63) is 58.1 Å². The molecule has 0 aliphatic heterocycles. The van der Waals surface area contributed by atoms with Crippen LogP contribution in [0.2, 0.25) is 5.02 Å². The molecule has 0 heterocycles. The zero-order chi connectivity index (χ0) is 22.2. The van der Waals surface area contributed by atoms with Crippen LogP contribution in [0.1, 0.15) is 21.5 Å². The minimum Gasteiger partial charge on any atom is -0.322 e. The smallest absolute Gasteiger partial charge is 0.322 e. The fourth-order valence-electron chi connectivity index (χ4n) is 2.16. The van der Waals surface area contributed by atoms with Crippen molar-refractivity contribution < 1.29 is 39.6 Å². The highest BCUT2D eigenvalue weighted by Gasteiger charge is 2.37. The third-order valence-electron chi connectivity index (χ3n) is 3.37. The van der Waals surface area contributed by atoms with Gasteiger partial charge in [-0.1, -0.05) is 11.6 Å². The number of alkyl halides is 6. The molecule has 0 aliphatic carbocycles. The molecule has 0 bridgehead atoms. The first-order valence-corrected chi connectivity index (χ1v) is 9.71. The van der Waals surface area contributed by atoms with E-state index in [2.05, 4.69) is 10.0 Å². The van der Waals surface area contributed by atoms with Gasteiger partial charge in [0.15, 0.2) is 0 Å². The van der Waals surface area contributed by atoms with Crippen molar-refractivity contribution >= 4 is 38.9 Å². The Kier molecular flexibility index (Phi) is 6.09. The van der Waals surface area contributed by atoms with E-state index in [4.69, 9.17) is 11.6 Å². The Labute approximate surface area is 165 Å². The summed E-state index contributed by atoms with van der Waals surface area (Å²) in [5, 5.41) is 1.95. The van der Waals surface area contributed by atoms with Gasteiger partial charge in [0.2, 0.25) is 10.0 Å². The van der Waals surface area contributed by atoms with Crippen LogP contribution in [0.5, 0.6) is 0 Å². The van der Waals surface area contributed by atoms with Crippen LogP contribution in [0.3, 0.4) is 0 Å². The molecule has 29 heavy (non-hydrogen) atoms. The van der Waals surface area contributed by atoms with E-state index in [1.165, 1.54) is 0 Å². The van der Waals surface area contributed by atoms with Crippen LogP contribution in [0, 0.1) is 0 Å². The van der Waals surface area contributed by atoms with Crippen molar-refractivity contribution in [1.29, 1.82) is 0 Å². The molecule has 1 amide bonds.